The molecule has 92 valence electrons. The molecule has 0 aliphatic carbocycles. The molecule has 0 unspecified atom stereocenters. The highest BCUT2D eigenvalue weighted by atomic mass is 32.1. The normalized spacial score (nSPS) is 23.2. The average Bonchev–Trinajstić information content (AvgIpc) is 3.01. The van der Waals surface area contributed by atoms with E-state index < -0.39 is 5.79 Å². The SMILES string of the molecule is O=C(c1ccsc1)N1CCC2(CC1)OCCO2. The summed E-state index contributed by atoms with van der Waals surface area (Å²) in [7, 11) is 0. The van der Waals surface area contributed by atoms with Crippen LogP contribution in [0.2, 0.25) is 0 Å². The molecule has 4 nitrogen and oxygen atoms in total. The van der Waals surface area contributed by atoms with Crippen molar-refractivity contribution < 1.29 is 14.3 Å². The second kappa shape index (κ2) is 4.40. The van der Waals surface area contributed by atoms with Crippen molar-refractivity contribution in [1.29, 1.82) is 0 Å². The van der Waals surface area contributed by atoms with E-state index in [9.17, 15) is 4.79 Å². The summed E-state index contributed by atoms with van der Waals surface area (Å²) >= 11 is 1.55. The molecule has 2 saturated heterocycles. The number of amides is 1. The van der Waals surface area contributed by atoms with Gasteiger partial charge in [-0.1, -0.05) is 0 Å². The van der Waals surface area contributed by atoms with Crippen molar-refractivity contribution in [3.8, 4) is 0 Å². The van der Waals surface area contributed by atoms with Gasteiger partial charge >= 0.3 is 0 Å². The lowest BCUT2D eigenvalue weighted by Gasteiger charge is -2.37. The second-order valence-corrected chi connectivity index (χ2v) is 5.19. The lowest BCUT2D eigenvalue weighted by Crippen LogP contribution is -2.47. The summed E-state index contributed by atoms with van der Waals surface area (Å²) in [6.07, 6.45) is 1.56. The van der Waals surface area contributed by atoms with E-state index in [4.69, 9.17) is 9.47 Å². The fourth-order valence-electron chi connectivity index (χ4n) is 2.40. The molecule has 5 heteroatoms. The molecule has 1 aromatic heterocycles. The third-order valence-electron chi connectivity index (χ3n) is 3.39. The Morgan fingerprint density at radius 2 is 2.00 bits per heavy atom. The number of likely N-dealkylation sites (tertiary alicyclic amines) is 1. The van der Waals surface area contributed by atoms with Gasteiger partial charge in [0.2, 0.25) is 0 Å². The number of rotatable bonds is 1. The number of hydrogen-bond donors (Lipinski definition) is 0. The Morgan fingerprint density at radius 1 is 1.29 bits per heavy atom. The summed E-state index contributed by atoms with van der Waals surface area (Å²) in [4.78, 5) is 14.0. The van der Waals surface area contributed by atoms with Crippen LogP contribution < -0.4 is 0 Å². The fourth-order valence-corrected chi connectivity index (χ4v) is 3.03. The molecular formula is C12H15NO3S. The van der Waals surface area contributed by atoms with E-state index >= 15 is 0 Å². The average molecular weight is 253 g/mol. The first-order valence-electron chi connectivity index (χ1n) is 5.88. The quantitative estimate of drug-likeness (QED) is 0.765. The van der Waals surface area contributed by atoms with E-state index in [0.29, 0.717) is 26.3 Å². The minimum absolute atomic E-state index is 0.124. The Balaban J connectivity index is 1.63. The number of ether oxygens (including phenoxy) is 2. The van der Waals surface area contributed by atoms with Gasteiger partial charge in [0.05, 0.1) is 18.8 Å². The molecule has 3 rings (SSSR count). The maximum atomic E-state index is 12.1. The number of carbonyl (C=O) groups is 1. The van der Waals surface area contributed by atoms with Crippen LogP contribution >= 0.6 is 11.3 Å². The monoisotopic (exact) mass is 253 g/mol. The van der Waals surface area contributed by atoms with Gasteiger partial charge in [-0.15, -0.1) is 0 Å². The van der Waals surface area contributed by atoms with Crippen molar-refractivity contribution >= 4 is 17.2 Å². The fraction of sp³-hybridized carbons (Fsp3) is 0.583. The number of nitrogens with zero attached hydrogens (tertiary/aromatic N) is 1. The van der Waals surface area contributed by atoms with Crippen LogP contribution in [0.25, 0.3) is 0 Å². The van der Waals surface area contributed by atoms with Crippen molar-refractivity contribution in [1.82, 2.24) is 4.90 Å². The summed E-state index contributed by atoms with van der Waals surface area (Å²) in [5.74, 6) is -0.273. The first-order chi connectivity index (χ1) is 8.29. The van der Waals surface area contributed by atoms with E-state index in [1.54, 1.807) is 11.3 Å². The summed E-state index contributed by atoms with van der Waals surface area (Å²) < 4.78 is 11.3. The zero-order valence-corrected chi connectivity index (χ0v) is 10.4. The molecule has 1 aromatic rings. The maximum Gasteiger partial charge on any atom is 0.254 e. The smallest absolute Gasteiger partial charge is 0.254 e. The predicted molar refractivity (Wildman–Crippen MR) is 64.1 cm³/mol. The second-order valence-electron chi connectivity index (χ2n) is 4.41. The van der Waals surface area contributed by atoms with E-state index in [0.717, 1.165) is 18.4 Å². The van der Waals surface area contributed by atoms with Gasteiger partial charge in [-0.05, 0) is 11.4 Å². The molecule has 1 amide bonds. The molecule has 0 bridgehead atoms. The zero-order valence-electron chi connectivity index (χ0n) is 9.55. The minimum atomic E-state index is -0.397. The minimum Gasteiger partial charge on any atom is -0.347 e. The zero-order chi connectivity index (χ0) is 11.7. The standard InChI is InChI=1S/C12H15NO3S/c14-11(10-1-8-17-9-10)13-4-2-12(3-5-13)15-6-7-16-12/h1,8-9H,2-7H2. The number of carbonyl (C=O) groups excluding carboxylic acids is 1. The van der Waals surface area contributed by atoms with Crippen LogP contribution in [0.15, 0.2) is 16.8 Å². The molecule has 3 heterocycles. The first kappa shape index (κ1) is 11.2. The van der Waals surface area contributed by atoms with E-state index in [2.05, 4.69) is 0 Å². The number of thiophene rings is 1. The lowest BCUT2D eigenvalue weighted by molar-refractivity contribution is -0.181. The molecule has 1 spiro atoms. The molecule has 2 aliphatic rings. The highest BCUT2D eigenvalue weighted by Gasteiger charge is 2.40. The summed E-state index contributed by atoms with van der Waals surface area (Å²) in [5, 5.41) is 3.83. The molecule has 17 heavy (non-hydrogen) atoms. The van der Waals surface area contributed by atoms with Gasteiger partial charge in [0.1, 0.15) is 0 Å². The van der Waals surface area contributed by atoms with Crippen molar-refractivity contribution in [3.63, 3.8) is 0 Å². The largest absolute Gasteiger partial charge is 0.347 e. The van der Waals surface area contributed by atoms with Crippen LogP contribution in [0.3, 0.4) is 0 Å². The van der Waals surface area contributed by atoms with Crippen LogP contribution in [0.5, 0.6) is 0 Å². The molecule has 0 N–H and O–H groups in total. The van der Waals surface area contributed by atoms with Crippen LogP contribution in [-0.4, -0.2) is 42.9 Å². The number of piperidine rings is 1. The molecule has 2 fully saturated rings. The van der Waals surface area contributed by atoms with E-state index in [1.807, 2.05) is 21.7 Å². The molecule has 0 saturated carbocycles. The van der Waals surface area contributed by atoms with Crippen LogP contribution in [-0.2, 0) is 9.47 Å². The predicted octanol–water partition coefficient (Wildman–Crippen LogP) is 1.73. The highest BCUT2D eigenvalue weighted by molar-refractivity contribution is 7.08. The third kappa shape index (κ3) is 2.10. The van der Waals surface area contributed by atoms with Gasteiger partial charge < -0.3 is 14.4 Å². The molecule has 0 atom stereocenters. The van der Waals surface area contributed by atoms with Gasteiger partial charge in [-0.3, -0.25) is 4.79 Å². The van der Waals surface area contributed by atoms with Crippen LogP contribution in [0, 0.1) is 0 Å². The van der Waals surface area contributed by atoms with Crippen molar-refractivity contribution in [2.75, 3.05) is 26.3 Å². The summed E-state index contributed by atoms with van der Waals surface area (Å²) in [6, 6.07) is 1.87. The maximum absolute atomic E-state index is 12.1. The van der Waals surface area contributed by atoms with Gasteiger partial charge in [0.15, 0.2) is 5.79 Å². The highest BCUT2D eigenvalue weighted by Crippen LogP contribution is 2.31. The Kier molecular flexibility index (Phi) is 2.90. The van der Waals surface area contributed by atoms with Gasteiger partial charge in [-0.25, -0.2) is 0 Å². The van der Waals surface area contributed by atoms with Crippen molar-refractivity contribution in [2.45, 2.75) is 18.6 Å². The molecule has 0 aromatic carbocycles. The molecular weight excluding hydrogens is 238 g/mol. The van der Waals surface area contributed by atoms with Gasteiger partial charge in [0, 0.05) is 31.3 Å². The van der Waals surface area contributed by atoms with Crippen LogP contribution in [0.1, 0.15) is 23.2 Å². The Bertz CT molecular complexity index is 388. The van der Waals surface area contributed by atoms with Crippen LogP contribution in [0.4, 0.5) is 0 Å². The molecule has 0 radical (unpaired) electrons. The third-order valence-corrected chi connectivity index (χ3v) is 4.08. The van der Waals surface area contributed by atoms with Gasteiger partial charge in [0.25, 0.3) is 5.91 Å². The summed E-state index contributed by atoms with van der Waals surface area (Å²) in [6.45, 7) is 2.79. The Morgan fingerprint density at radius 3 is 2.59 bits per heavy atom. The number of hydrogen-bond acceptors (Lipinski definition) is 4. The lowest BCUT2D eigenvalue weighted by atomic mass is 10.0. The summed E-state index contributed by atoms with van der Waals surface area (Å²) in [5.41, 5.74) is 0.791. The Labute approximate surface area is 104 Å². The van der Waals surface area contributed by atoms with Crippen molar-refractivity contribution in [3.05, 3.63) is 22.4 Å². The first-order valence-corrected chi connectivity index (χ1v) is 6.83. The topological polar surface area (TPSA) is 38.8 Å². The van der Waals surface area contributed by atoms with E-state index in [1.165, 1.54) is 0 Å². The van der Waals surface area contributed by atoms with Crippen molar-refractivity contribution in [2.24, 2.45) is 0 Å². The molecule has 2 aliphatic heterocycles. The Hall–Kier alpha value is -0.910. The van der Waals surface area contributed by atoms with Gasteiger partial charge in [-0.2, -0.15) is 11.3 Å². The van der Waals surface area contributed by atoms with E-state index in [-0.39, 0.29) is 5.91 Å².